The standard InChI is InChI=1S/C40H34Cl2N2O4/c1-40(2,3)27-20-26(19-24-13-15-28(41)16-14-24)37-32(21-27)36(30-11-7-8-12-33(30)44-37)39(47)48-23-35(45)43-34-18-17-29(42)22-31(34)38(46)25-9-5-4-6-10-25/h4-19,22,27H,20-21,23H2,1-3H3,(H,43,45)/b26-19+/t27-/m1/s1. The molecule has 6 nitrogen and oxygen atoms in total. The van der Waals surface area contributed by atoms with E-state index in [-0.39, 0.29) is 28.4 Å². The quantitative estimate of drug-likeness (QED) is 0.137. The zero-order valence-corrected chi connectivity index (χ0v) is 28.4. The van der Waals surface area contributed by atoms with Crippen LogP contribution in [0.15, 0.2) is 97.1 Å². The van der Waals surface area contributed by atoms with Crippen LogP contribution in [0.1, 0.15) is 70.3 Å². The molecule has 242 valence electrons. The minimum atomic E-state index is -0.614. The SMILES string of the molecule is CC(C)(C)[C@@H]1C/C(=C\c2ccc(Cl)cc2)c2nc3ccccc3c(C(=O)OCC(=O)Nc3ccc(Cl)cc3C(=O)c3ccccc3)c2C1. The number of pyridine rings is 1. The van der Waals surface area contributed by atoms with Gasteiger partial charge in [0.15, 0.2) is 12.4 Å². The lowest BCUT2D eigenvalue weighted by Gasteiger charge is -2.36. The fourth-order valence-corrected chi connectivity index (χ4v) is 6.38. The summed E-state index contributed by atoms with van der Waals surface area (Å²) in [5.41, 5.74) is 5.53. The fraction of sp³-hybridized carbons (Fsp3) is 0.200. The maximum absolute atomic E-state index is 14.0. The van der Waals surface area contributed by atoms with E-state index in [2.05, 4.69) is 32.2 Å². The predicted molar refractivity (Wildman–Crippen MR) is 193 cm³/mol. The van der Waals surface area contributed by atoms with Crippen molar-refractivity contribution in [1.82, 2.24) is 4.98 Å². The first kappa shape index (κ1) is 33.1. The minimum absolute atomic E-state index is 0.0586. The Balaban J connectivity index is 1.32. The molecule has 0 unspecified atom stereocenters. The molecule has 0 saturated heterocycles. The van der Waals surface area contributed by atoms with E-state index in [9.17, 15) is 14.4 Å². The number of allylic oxidation sites excluding steroid dienone is 1. The van der Waals surface area contributed by atoms with Gasteiger partial charge < -0.3 is 10.1 Å². The second-order valence-corrected chi connectivity index (χ2v) is 13.9. The van der Waals surface area contributed by atoms with Gasteiger partial charge in [-0.2, -0.15) is 0 Å². The van der Waals surface area contributed by atoms with E-state index in [1.54, 1.807) is 36.4 Å². The third-order valence-electron chi connectivity index (χ3n) is 8.72. The maximum atomic E-state index is 14.0. The van der Waals surface area contributed by atoms with E-state index >= 15 is 0 Å². The lowest BCUT2D eigenvalue weighted by molar-refractivity contribution is -0.119. The molecule has 8 heteroatoms. The lowest BCUT2D eigenvalue weighted by atomic mass is 9.69. The highest BCUT2D eigenvalue weighted by atomic mass is 35.5. The number of fused-ring (bicyclic) bond motifs is 2. The van der Waals surface area contributed by atoms with Crippen molar-refractivity contribution in [2.45, 2.75) is 33.6 Å². The number of halogens is 2. The van der Waals surface area contributed by atoms with Gasteiger partial charge in [0.1, 0.15) is 0 Å². The number of carbonyl (C=O) groups excluding carboxylic acids is 3. The molecule has 1 atom stereocenters. The van der Waals surface area contributed by atoms with Crippen LogP contribution in [0.25, 0.3) is 22.6 Å². The first-order valence-corrected chi connectivity index (χ1v) is 16.5. The molecule has 1 amide bonds. The minimum Gasteiger partial charge on any atom is -0.452 e. The van der Waals surface area contributed by atoms with Gasteiger partial charge in [-0.3, -0.25) is 9.59 Å². The largest absolute Gasteiger partial charge is 0.452 e. The summed E-state index contributed by atoms with van der Waals surface area (Å²) in [5.74, 6) is -1.28. The first-order valence-electron chi connectivity index (χ1n) is 15.7. The Kier molecular flexibility index (Phi) is 9.49. The highest BCUT2D eigenvalue weighted by Crippen LogP contribution is 2.45. The Morgan fingerprint density at radius 2 is 1.56 bits per heavy atom. The van der Waals surface area contributed by atoms with Crippen molar-refractivity contribution in [1.29, 1.82) is 0 Å². The smallest absolute Gasteiger partial charge is 0.339 e. The molecule has 1 heterocycles. The van der Waals surface area contributed by atoms with Crippen LogP contribution >= 0.6 is 23.2 Å². The molecular formula is C40H34Cl2N2O4. The van der Waals surface area contributed by atoms with Crippen molar-refractivity contribution in [2.24, 2.45) is 11.3 Å². The van der Waals surface area contributed by atoms with Crippen LogP contribution in [-0.4, -0.2) is 29.3 Å². The number of nitrogens with one attached hydrogen (secondary N) is 1. The Labute approximate surface area is 289 Å². The highest BCUT2D eigenvalue weighted by Gasteiger charge is 2.35. The van der Waals surface area contributed by atoms with Crippen LogP contribution in [0.3, 0.4) is 0 Å². The number of anilines is 1. The predicted octanol–water partition coefficient (Wildman–Crippen LogP) is 9.72. The average Bonchev–Trinajstić information content (AvgIpc) is 3.07. The third-order valence-corrected chi connectivity index (χ3v) is 9.21. The zero-order valence-electron chi connectivity index (χ0n) is 26.8. The summed E-state index contributed by atoms with van der Waals surface area (Å²) in [6.07, 6.45) is 3.52. The van der Waals surface area contributed by atoms with Gasteiger partial charge >= 0.3 is 5.97 Å². The molecule has 0 bridgehead atoms. The van der Waals surface area contributed by atoms with E-state index in [0.29, 0.717) is 38.5 Å². The number of ether oxygens (including phenoxy) is 1. The number of carbonyl (C=O) groups is 3. The van der Waals surface area contributed by atoms with Crippen molar-refractivity contribution in [2.75, 3.05) is 11.9 Å². The number of esters is 1. The average molecular weight is 678 g/mol. The number of aromatic nitrogens is 1. The van der Waals surface area contributed by atoms with Crippen LogP contribution in [0.2, 0.25) is 10.0 Å². The van der Waals surface area contributed by atoms with Crippen molar-refractivity contribution in [3.63, 3.8) is 0 Å². The number of ketones is 1. The summed E-state index contributed by atoms with van der Waals surface area (Å²) >= 11 is 12.4. The summed E-state index contributed by atoms with van der Waals surface area (Å²) < 4.78 is 5.71. The first-order chi connectivity index (χ1) is 23.0. The fourth-order valence-electron chi connectivity index (χ4n) is 6.08. The number of para-hydroxylation sites is 1. The summed E-state index contributed by atoms with van der Waals surface area (Å²) in [6.45, 7) is 6.05. The van der Waals surface area contributed by atoms with Gasteiger partial charge in [-0.05, 0) is 83.3 Å². The summed E-state index contributed by atoms with van der Waals surface area (Å²) in [4.78, 5) is 45.5. The van der Waals surface area contributed by atoms with Crippen LogP contribution in [-0.2, 0) is 16.0 Å². The molecule has 0 spiro atoms. The molecular weight excluding hydrogens is 643 g/mol. The number of nitrogens with zero attached hydrogens (tertiary/aromatic N) is 1. The van der Waals surface area contributed by atoms with Gasteiger partial charge in [0.05, 0.1) is 22.5 Å². The van der Waals surface area contributed by atoms with E-state index < -0.39 is 18.5 Å². The monoisotopic (exact) mass is 676 g/mol. The highest BCUT2D eigenvalue weighted by molar-refractivity contribution is 6.31. The normalized spacial score (nSPS) is 15.2. The van der Waals surface area contributed by atoms with Crippen LogP contribution in [0.4, 0.5) is 5.69 Å². The van der Waals surface area contributed by atoms with Gasteiger partial charge in [-0.25, -0.2) is 9.78 Å². The Morgan fingerprint density at radius 1 is 0.875 bits per heavy atom. The Hall–Kier alpha value is -4.78. The van der Waals surface area contributed by atoms with E-state index in [1.165, 1.54) is 6.07 Å². The molecule has 5 aromatic rings. The molecule has 1 aliphatic carbocycles. The molecule has 0 aliphatic heterocycles. The number of rotatable bonds is 7. The summed E-state index contributed by atoms with van der Waals surface area (Å²) in [7, 11) is 0. The number of hydrogen-bond donors (Lipinski definition) is 1. The Morgan fingerprint density at radius 3 is 2.29 bits per heavy atom. The Bertz CT molecular complexity index is 2070. The molecule has 0 radical (unpaired) electrons. The molecule has 1 aliphatic rings. The zero-order chi connectivity index (χ0) is 34.0. The van der Waals surface area contributed by atoms with Crippen LogP contribution in [0.5, 0.6) is 0 Å². The number of hydrogen-bond acceptors (Lipinski definition) is 5. The maximum Gasteiger partial charge on any atom is 0.339 e. The molecule has 4 aromatic carbocycles. The summed E-state index contributed by atoms with van der Waals surface area (Å²) in [5, 5.41) is 4.40. The van der Waals surface area contributed by atoms with Crippen molar-refractivity contribution in [3.8, 4) is 0 Å². The molecule has 1 aromatic heterocycles. The van der Waals surface area contributed by atoms with Gasteiger partial charge in [0, 0.05) is 26.6 Å². The lowest BCUT2D eigenvalue weighted by Crippen LogP contribution is -2.29. The van der Waals surface area contributed by atoms with Gasteiger partial charge in [0.2, 0.25) is 0 Å². The third kappa shape index (κ3) is 7.20. The van der Waals surface area contributed by atoms with Gasteiger partial charge in [0.25, 0.3) is 5.91 Å². The molecule has 1 N–H and O–H groups in total. The van der Waals surface area contributed by atoms with Crippen LogP contribution < -0.4 is 5.32 Å². The summed E-state index contributed by atoms with van der Waals surface area (Å²) in [6, 6.07) is 28.5. The van der Waals surface area contributed by atoms with Crippen molar-refractivity contribution >= 4 is 69.1 Å². The molecule has 0 fully saturated rings. The van der Waals surface area contributed by atoms with Gasteiger partial charge in [-0.15, -0.1) is 0 Å². The molecule has 6 rings (SSSR count). The van der Waals surface area contributed by atoms with Crippen molar-refractivity contribution < 1.29 is 19.1 Å². The van der Waals surface area contributed by atoms with E-state index in [0.717, 1.165) is 28.8 Å². The number of benzene rings is 4. The topological polar surface area (TPSA) is 85.4 Å². The molecule has 48 heavy (non-hydrogen) atoms. The van der Waals surface area contributed by atoms with Crippen molar-refractivity contribution in [3.05, 3.63) is 141 Å². The van der Waals surface area contributed by atoms with Gasteiger partial charge in [-0.1, -0.05) is 105 Å². The molecule has 0 saturated carbocycles. The second kappa shape index (κ2) is 13.8. The van der Waals surface area contributed by atoms with E-state index in [1.807, 2.05) is 54.6 Å². The number of amides is 1. The van der Waals surface area contributed by atoms with E-state index in [4.69, 9.17) is 32.9 Å². The second-order valence-electron chi connectivity index (χ2n) is 13.0. The van der Waals surface area contributed by atoms with Crippen LogP contribution in [0, 0.1) is 11.3 Å².